The van der Waals surface area contributed by atoms with Crippen LogP contribution in [0.3, 0.4) is 0 Å². The first-order valence-electron chi connectivity index (χ1n) is 0.926. The number of hydrogen-bond donors (Lipinski definition) is 0. The Balaban J connectivity index is -0.0000000171. The van der Waals surface area contributed by atoms with Crippen LogP contribution in [0.4, 0.5) is 0 Å². The van der Waals surface area contributed by atoms with E-state index < -0.39 is 21.6 Å². The predicted octanol–water partition coefficient (Wildman–Crippen LogP) is -9.16. The van der Waals surface area contributed by atoms with Gasteiger partial charge in [0.2, 0.25) is 0 Å². The van der Waals surface area contributed by atoms with Gasteiger partial charge in [-0.1, -0.05) is 0 Å². The molecule has 11 heteroatoms. The third-order valence-corrected chi connectivity index (χ3v) is 0. The Morgan fingerprint density at radius 3 is 0.545 bits per heavy atom. The molecule has 0 saturated heterocycles. The molecule has 0 bridgehead atoms. The van der Waals surface area contributed by atoms with E-state index in [4.69, 9.17) is 28.0 Å². The van der Waals surface area contributed by atoms with E-state index in [-0.39, 0.29) is 34.0 Å². The average molecular weight is 227 g/mol. The molecule has 0 spiro atoms. The standard InChI is InChI=1S/2ClO3.Mg.2H2O/c2*2-1(3)4;;;/h;;;2*1H2/q2*-1;+2;;. The second kappa shape index (κ2) is 22.5. The summed E-state index contributed by atoms with van der Waals surface area (Å²) in [6.45, 7) is 0. The van der Waals surface area contributed by atoms with Gasteiger partial charge in [0.25, 0.3) is 0 Å². The largest absolute Gasteiger partial charge is 2.00 e. The maximum atomic E-state index is 8.41. The molecular formula is H4Cl2MgO8. The zero-order valence-electron chi connectivity index (χ0n) is 4.91. The Morgan fingerprint density at radius 2 is 0.545 bits per heavy atom. The van der Waals surface area contributed by atoms with E-state index in [0.29, 0.717) is 0 Å². The summed E-state index contributed by atoms with van der Waals surface area (Å²) in [6, 6.07) is 0. The molecule has 0 heterocycles. The summed E-state index contributed by atoms with van der Waals surface area (Å²) in [5.41, 5.74) is 0. The van der Waals surface area contributed by atoms with E-state index in [1.165, 1.54) is 0 Å². The van der Waals surface area contributed by atoms with Gasteiger partial charge < -0.3 is 38.9 Å². The first kappa shape index (κ1) is 29.6. The molecule has 4 N–H and O–H groups in total. The van der Waals surface area contributed by atoms with Crippen molar-refractivity contribution in [1.82, 2.24) is 0 Å². The molecule has 0 aliphatic carbocycles. The summed E-state index contributed by atoms with van der Waals surface area (Å²) < 4.78 is 50.4. The van der Waals surface area contributed by atoms with Crippen LogP contribution in [0.25, 0.3) is 0 Å². The zero-order chi connectivity index (χ0) is 7.15. The van der Waals surface area contributed by atoms with Crippen molar-refractivity contribution in [1.29, 1.82) is 0 Å². The van der Waals surface area contributed by atoms with Gasteiger partial charge in [0.05, 0.1) is 21.6 Å². The van der Waals surface area contributed by atoms with Gasteiger partial charge in [-0.25, -0.2) is 0 Å². The Kier molecular flexibility index (Phi) is 60.5. The molecule has 8 nitrogen and oxygen atoms in total. The van der Waals surface area contributed by atoms with Crippen molar-refractivity contribution in [2.75, 3.05) is 0 Å². The molecule has 0 saturated carbocycles. The molecule has 0 radical (unpaired) electrons. The summed E-state index contributed by atoms with van der Waals surface area (Å²) in [6.07, 6.45) is 0. The van der Waals surface area contributed by atoms with Gasteiger partial charge in [-0.3, -0.25) is 0 Å². The van der Waals surface area contributed by atoms with Crippen molar-refractivity contribution < 1.29 is 60.5 Å². The fourth-order valence-electron chi connectivity index (χ4n) is 0. The SMILES string of the molecule is O.O.[Mg+2].[O-][Cl+2]([O-])[O-].[O-][Cl+2]([O-])[O-]. The molecule has 0 atom stereocenters. The Bertz CT molecular complexity index is 27.6. The van der Waals surface area contributed by atoms with Crippen molar-refractivity contribution in [3.63, 3.8) is 0 Å². The van der Waals surface area contributed by atoms with E-state index in [0.717, 1.165) is 0 Å². The van der Waals surface area contributed by atoms with Crippen LogP contribution >= 0.6 is 0 Å². The summed E-state index contributed by atoms with van der Waals surface area (Å²) in [5, 5.41) is 0. The first-order chi connectivity index (χ1) is 3.46. The topological polar surface area (TPSA) is 201 Å². The molecule has 0 aromatic heterocycles. The molecule has 0 rings (SSSR count). The number of halogens is 2. The Hall–Kier alpha value is 1.03. The molecule has 0 unspecified atom stereocenters. The van der Waals surface area contributed by atoms with Crippen LogP contribution in [-0.4, -0.2) is 34.0 Å². The summed E-state index contributed by atoms with van der Waals surface area (Å²) >= 11 is 0. The second-order valence-corrected chi connectivity index (χ2v) is 1.13. The smallest absolute Gasteiger partial charge is 0.412 e. The van der Waals surface area contributed by atoms with Crippen molar-refractivity contribution >= 4 is 23.1 Å². The van der Waals surface area contributed by atoms with E-state index in [2.05, 4.69) is 0 Å². The molecular weight excluding hydrogens is 223 g/mol. The quantitative estimate of drug-likeness (QED) is 0.367. The normalized spacial score (nSPS) is 6.55. The second-order valence-electron chi connectivity index (χ2n) is 0.378. The van der Waals surface area contributed by atoms with Crippen LogP contribution in [0.15, 0.2) is 0 Å². The molecule has 0 aromatic carbocycles. The molecule has 11 heavy (non-hydrogen) atoms. The molecule has 68 valence electrons. The molecule has 0 aromatic rings. The van der Waals surface area contributed by atoms with Gasteiger partial charge >= 0.3 is 23.1 Å². The Morgan fingerprint density at radius 1 is 0.545 bits per heavy atom. The van der Waals surface area contributed by atoms with Crippen LogP contribution in [0, 0.1) is 21.6 Å². The minimum Gasteiger partial charge on any atom is -0.412 e. The van der Waals surface area contributed by atoms with Gasteiger partial charge in [0.1, 0.15) is 0 Å². The monoisotopic (exact) mass is 226 g/mol. The maximum Gasteiger partial charge on any atom is 2.00 e. The minimum absolute atomic E-state index is 0. The van der Waals surface area contributed by atoms with E-state index in [1.807, 2.05) is 0 Å². The maximum absolute atomic E-state index is 8.41. The van der Waals surface area contributed by atoms with E-state index >= 15 is 0 Å². The first-order valence-corrected chi connectivity index (χ1v) is 2.78. The third kappa shape index (κ3) is 853. The molecule has 0 aliphatic rings. The van der Waals surface area contributed by atoms with Gasteiger partial charge in [-0.15, -0.1) is 0 Å². The van der Waals surface area contributed by atoms with E-state index in [9.17, 15) is 0 Å². The fraction of sp³-hybridized carbons (Fsp3) is 0. The van der Waals surface area contributed by atoms with Gasteiger partial charge in [0.15, 0.2) is 0 Å². The molecule has 0 amide bonds. The Labute approximate surface area is 83.6 Å². The van der Waals surface area contributed by atoms with Crippen LogP contribution < -0.4 is 28.0 Å². The van der Waals surface area contributed by atoms with Crippen LogP contribution in [0.5, 0.6) is 0 Å². The summed E-state index contributed by atoms with van der Waals surface area (Å²) in [7, 11) is -5.70. The van der Waals surface area contributed by atoms with Crippen molar-refractivity contribution in [2.24, 2.45) is 0 Å². The van der Waals surface area contributed by atoms with Crippen molar-refractivity contribution in [2.45, 2.75) is 0 Å². The number of hydrogen-bond acceptors (Lipinski definition) is 6. The van der Waals surface area contributed by atoms with Crippen molar-refractivity contribution in [3.8, 4) is 0 Å². The number of rotatable bonds is 0. The van der Waals surface area contributed by atoms with Crippen LogP contribution in [0.1, 0.15) is 0 Å². The van der Waals surface area contributed by atoms with E-state index in [1.54, 1.807) is 0 Å². The minimum atomic E-state index is -2.85. The fourth-order valence-corrected chi connectivity index (χ4v) is 0. The molecule has 0 fully saturated rings. The average Bonchev–Trinajstić information content (AvgIpc) is 1.25. The van der Waals surface area contributed by atoms with Crippen LogP contribution in [0.2, 0.25) is 0 Å². The molecule has 0 aliphatic heterocycles. The predicted molar refractivity (Wildman–Crippen MR) is 13.0 cm³/mol. The third-order valence-electron chi connectivity index (χ3n) is 0. The zero-order valence-corrected chi connectivity index (χ0v) is 7.84. The van der Waals surface area contributed by atoms with Gasteiger partial charge in [-0.05, 0) is 0 Å². The van der Waals surface area contributed by atoms with Crippen molar-refractivity contribution in [3.05, 3.63) is 0 Å². The van der Waals surface area contributed by atoms with Crippen LogP contribution in [-0.2, 0) is 0 Å². The summed E-state index contributed by atoms with van der Waals surface area (Å²) in [4.78, 5) is 0. The van der Waals surface area contributed by atoms with Gasteiger partial charge in [-0.2, -0.15) is 0 Å². The van der Waals surface area contributed by atoms with Gasteiger partial charge in [0, 0.05) is 0 Å². The summed E-state index contributed by atoms with van der Waals surface area (Å²) in [5.74, 6) is 0.